The maximum Gasteiger partial charge on any atom is 0.319 e. The number of cyclic esters (lactones) is 1. The first-order valence-corrected chi connectivity index (χ1v) is 18.3. The number of nitrogens with zero attached hydrogens (tertiary/aromatic N) is 6. The largest absolute Gasteiger partial charge is 0.461 e. The van der Waals surface area contributed by atoms with E-state index < -0.39 is 17.8 Å². The van der Waals surface area contributed by atoms with E-state index in [-0.39, 0.29) is 52.6 Å². The number of aromatic nitrogens is 3. The lowest BCUT2D eigenvalue weighted by atomic mass is 9.85. The van der Waals surface area contributed by atoms with Gasteiger partial charge in [-0.2, -0.15) is 9.97 Å². The van der Waals surface area contributed by atoms with Crippen LogP contribution in [0.3, 0.4) is 0 Å². The van der Waals surface area contributed by atoms with Gasteiger partial charge in [0.25, 0.3) is 5.91 Å². The van der Waals surface area contributed by atoms with Gasteiger partial charge in [0.1, 0.15) is 29.6 Å². The Kier molecular flexibility index (Phi) is 7.65. The number of piperazine rings is 1. The molecule has 12 heteroatoms. The summed E-state index contributed by atoms with van der Waals surface area (Å²) in [5.74, 6) is -0.831. The summed E-state index contributed by atoms with van der Waals surface area (Å²) < 4.78 is 28.8. The first-order chi connectivity index (χ1) is 24.2. The highest BCUT2D eigenvalue weighted by molar-refractivity contribution is 6.36. The molecule has 2 aromatic heterocycles. The second kappa shape index (κ2) is 12.0. The van der Waals surface area contributed by atoms with Crippen LogP contribution in [0.2, 0.25) is 5.02 Å². The fraction of sp³-hybridized carbons (Fsp3) is 0.500. The maximum absolute atomic E-state index is 16.9. The van der Waals surface area contributed by atoms with Crippen LogP contribution >= 0.6 is 11.6 Å². The van der Waals surface area contributed by atoms with Crippen molar-refractivity contribution >= 4 is 51.0 Å². The molecule has 0 N–H and O–H groups in total. The minimum absolute atomic E-state index is 0.0206. The standard InChI is InChI=1S/C38H40ClFN6O4/c1-21(2)28-33(50-36(28)48)35(47)46-23-11-12-24(46)19-44(18-23)34-26-17-41-31(25-9-3-7-22-8-4-10-27(39)29(22)25)30(40)32(26)42-37(43-34)49-20-38-13-5-15-45(38)16-6-14-38/h3-4,7-10,17,21,23-24,28,33H,5-6,11-16,18-20H2,1-2H3/t23-,24+,28-,33-/m0/s1. The van der Waals surface area contributed by atoms with Gasteiger partial charge in [-0.15, -0.1) is 0 Å². The fourth-order valence-electron chi connectivity index (χ4n) is 9.40. The summed E-state index contributed by atoms with van der Waals surface area (Å²) in [6.07, 6.45) is 6.95. The number of hydrogen-bond acceptors (Lipinski definition) is 9. The number of carbonyl (C=O) groups excluding carboxylic acids is 2. The van der Waals surface area contributed by atoms with Crippen LogP contribution in [0.5, 0.6) is 6.01 Å². The zero-order valence-electron chi connectivity index (χ0n) is 28.3. The van der Waals surface area contributed by atoms with Crippen molar-refractivity contribution in [1.82, 2.24) is 24.8 Å². The second-order valence-electron chi connectivity index (χ2n) is 15.0. The zero-order chi connectivity index (χ0) is 34.3. The molecule has 2 aromatic carbocycles. The normalized spacial score (nSPS) is 25.7. The highest BCUT2D eigenvalue weighted by atomic mass is 35.5. The number of carbonyl (C=O) groups is 2. The molecule has 0 aliphatic carbocycles. The first kappa shape index (κ1) is 31.9. The van der Waals surface area contributed by atoms with Crippen LogP contribution < -0.4 is 9.64 Å². The quantitative estimate of drug-likeness (QED) is 0.215. The van der Waals surface area contributed by atoms with Crippen molar-refractivity contribution in [3.8, 4) is 17.3 Å². The number of amides is 1. The Morgan fingerprint density at radius 1 is 1.08 bits per heavy atom. The van der Waals surface area contributed by atoms with Crippen molar-refractivity contribution in [2.45, 2.75) is 76.1 Å². The second-order valence-corrected chi connectivity index (χ2v) is 15.4. The van der Waals surface area contributed by atoms with E-state index in [0.717, 1.165) is 62.4 Å². The van der Waals surface area contributed by atoms with Gasteiger partial charge in [-0.3, -0.25) is 19.5 Å². The van der Waals surface area contributed by atoms with E-state index in [9.17, 15) is 9.59 Å². The third kappa shape index (κ3) is 4.94. The van der Waals surface area contributed by atoms with Crippen LogP contribution in [-0.2, 0) is 14.3 Å². The number of esters is 1. The van der Waals surface area contributed by atoms with Gasteiger partial charge in [-0.05, 0) is 69.0 Å². The number of anilines is 1. The zero-order valence-corrected chi connectivity index (χ0v) is 29.0. The minimum atomic E-state index is -0.735. The monoisotopic (exact) mass is 698 g/mol. The van der Waals surface area contributed by atoms with E-state index in [1.807, 2.05) is 49.1 Å². The van der Waals surface area contributed by atoms with Crippen molar-refractivity contribution in [3.05, 3.63) is 53.4 Å². The maximum atomic E-state index is 16.9. The molecule has 7 heterocycles. The number of hydrogen-bond donors (Lipinski definition) is 0. The molecule has 5 aliphatic heterocycles. The Balaban J connectivity index is 1.09. The summed E-state index contributed by atoms with van der Waals surface area (Å²) in [7, 11) is 0. The number of benzene rings is 2. The number of rotatable bonds is 7. The molecule has 10 nitrogen and oxygen atoms in total. The molecule has 260 valence electrons. The average molecular weight is 699 g/mol. The summed E-state index contributed by atoms with van der Waals surface area (Å²) in [5, 5.41) is 2.62. The van der Waals surface area contributed by atoms with E-state index >= 15 is 4.39 Å². The van der Waals surface area contributed by atoms with Gasteiger partial charge in [0.15, 0.2) is 11.9 Å². The molecule has 5 saturated heterocycles. The lowest BCUT2D eigenvalue weighted by Gasteiger charge is -2.45. The van der Waals surface area contributed by atoms with Crippen LogP contribution in [0.4, 0.5) is 10.2 Å². The molecule has 50 heavy (non-hydrogen) atoms. The minimum Gasteiger partial charge on any atom is -0.461 e. The number of halogens is 2. The van der Waals surface area contributed by atoms with Crippen molar-refractivity contribution < 1.29 is 23.5 Å². The van der Waals surface area contributed by atoms with Crippen LogP contribution in [0.1, 0.15) is 52.4 Å². The molecule has 0 saturated carbocycles. The predicted octanol–water partition coefficient (Wildman–Crippen LogP) is 6.02. The summed E-state index contributed by atoms with van der Waals surface area (Å²) >= 11 is 6.65. The van der Waals surface area contributed by atoms with Crippen molar-refractivity contribution in [3.63, 3.8) is 0 Å². The summed E-state index contributed by atoms with van der Waals surface area (Å²) in [5.41, 5.74) is 0.846. The molecule has 5 aliphatic rings. The molecule has 9 rings (SSSR count). The Morgan fingerprint density at radius 2 is 1.80 bits per heavy atom. The Morgan fingerprint density at radius 3 is 2.50 bits per heavy atom. The highest BCUT2D eigenvalue weighted by Crippen LogP contribution is 2.42. The van der Waals surface area contributed by atoms with Crippen LogP contribution in [0.15, 0.2) is 42.6 Å². The van der Waals surface area contributed by atoms with Gasteiger partial charge in [0.05, 0.1) is 10.9 Å². The highest BCUT2D eigenvalue weighted by Gasteiger charge is 2.54. The van der Waals surface area contributed by atoms with Gasteiger partial charge in [0.2, 0.25) is 0 Å². The van der Waals surface area contributed by atoms with E-state index in [1.54, 1.807) is 12.3 Å². The molecule has 1 amide bonds. The third-order valence-electron chi connectivity index (χ3n) is 11.9. The molecule has 5 fully saturated rings. The van der Waals surface area contributed by atoms with Crippen LogP contribution in [0, 0.1) is 17.7 Å². The fourth-order valence-corrected chi connectivity index (χ4v) is 9.69. The SMILES string of the molecule is CC(C)[C@@H]1C(=O)O[C@@H]1C(=O)N1[C@@H]2CC[C@H]1CN(c1nc(OCC34CCCN3CCC4)nc3c(F)c(-c4cccc5cccc(Cl)c45)ncc13)C2. The Hall–Kier alpha value is -4.09. The summed E-state index contributed by atoms with van der Waals surface area (Å²) in [6, 6.07) is 11.2. The van der Waals surface area contributed by atoms with Crippen LogP contribution in [-0.4, -0.2) is 93.1 Å². The molecule has 4 atom stereocenters. The molecule has 0 spiro atoms. The molecule has 2 bridgehead atoms. The van der Waals surface area contributed by atoms with Crippen molar-refractivity contribution in [1.29, 1.82) is 0 Å². The van der Waals surface area contributed by atoms with Crippen molar-refractivity contribution in [2.24, 2.45) is 11.8 Å². The number of ether oxygens (including phenoxy) is 2. The molecule has 0 unspecified atom stereocenters. The van der Waals surface area contributed by atoms with E-state index in [4.69, 9.17) is 31.0 Å². The number of pyridine rings is 1. The van der Waals surface area contributed by atoms with Crippen LogP contribution in [0.25, 0.3) is 32.9 Å². The van der Waals surface area contributed by atoms with E-state index in [0.29, 0.717) is 41.5 Å². The Labute approximate surface area is 294 Å². The van der Waals surface area contributed by atoms with Gasteiger partial charge in [0, 0.05) is 47.3 Å². The van der Waals surface area contributed by atoms with Gasteiger partial charge >= 0.3 is 12.0 Å². The Bertz CT molecular complexity index is 2010. The van der Waals surface area contributed by atoms with Gasteiger partial charge in [-0.25, -0.2) is 4.39 Å². The molecule has 4 aromatic rings. The van der Waals surface area contributed by atoms with Gasteiger partial charge < -0.3 is 19.3 Å². The summed E-state index contributed by atoms with van der Waals surface area (Å²) in [6.45, 7) is 7.47. The average Bonchev–Trinajstić information content (AvgIpc) is 3.76. The molecule has 0 radical (unpaired) electrons. The van der Waals surface area contributed by atoms with Crippen molar-refractivity contribution in [2.75, 3.05) is 37.7 Å². The lowest BCUT2D eigenvalue weighted by molar-refractivity contribution is -0.197. The lowest BCUT2D eigenvalue weighted by Crippen LogP contribution is -2.63. The topological polar surface area (TPSA) is 101 Å². The first-order valence-electron chi connectivity index (χ1n) is 17.9. The van der Waals surface area contributed by atoms with Gasteiger partial charge in [-0.1, -0.05) is 55.8 Å². The van der Waals surface area contributed by atoms with E-state index in [1.165, 1.54) is 0 Å². The third-order valence-corrected chi connectivity index (χ3v) is 12.2. The molecular weight excluding hydrogens is 659 g/mol. The summed E-state index contributed by atoms with van der Waals surface area (Å²) in [4.78, 5) is 46.9. The molecular formula is C38H40ClFN6O4. The predicted molar refractivity (Wildman–Crippen MR) is 188 cm³/mol. The number of fused-ring (bicyclic) bond motifs is 5. The van der Waals surface area contributed by atoms with E-state index in [2.05, 4.69) is 14.8 Å². The smallest absolute Gasteiger partial charge is 0.319 e.